The molecule has 3 nitrogen and oxygen atoms in total. The van der Waals surface area contributed by atoms with Crippen LogP contribution in [0.2, 0.25) is 0 Å². The van der Waals surface area contributed by atoms with E-state index in [0.29, 0.717) is 11.4 Å². The summed E-state index contributed by atoms with van der Waals surface area (Å²) >= 11 is 1.58. The predicted octanol–water partition coefficient (Wildman–Crippen LogP) is 2.08. The van der Waals surface area contributed by atoms with Crippen molar-refractivity contribution in [1.82, 2.24) is 9.97 Å². The maximum Gasteiger partial charge on any atom is 0.169 e. The van der Waals surface area contributed by atoms with Crippen LogP contribution in [0.5, 0.6) is 0 Å². The van der Waals surface area contributed by atoms with Crippen LogP contribution in [0.4, 0.5) is 0 Å². The highest BCUT2D eigenvalue weighted by Gasteiger charge is 2.00. The number of aromatic nitrogens is 2. The number of hydrogen-bond donors (Lipinski definition) is 0. The Kier molecular flexibility index (Phi) is 2.02. The molecule has 2 aromatic rings. The number of thiophene rings is 1. The van der Waals surface area contributed by atoms with Gasteiger partial charge in [0.25, 0.3) is 0 Å². The molecule has 0 aliphatic carbocycles. The molecular formula is C9H5N3S. The van der Waals surface area contributed by atoms with Crippen LogP contribution in [0, 0.1) is 11.3 Å². The molecule has 0 amide bonds. The standard InChI is InChI=1S/C9H5N3S/c10-4-7-5-11-9(12-6-7)8-2-1-3-13-8/h1-3,5-6H. The van der Waals surface area contributed by atoms with Gasteiger partial charge in [0.05, 0.1) is 10.4 Å². The van der Waals surface area contributed by atoms with Crippen molar-refractivity contribution < 1.29 is 0 Å². The van der Waals surface area contributed by atoms with Gasteiger partial charge in [0.15, 0.2) is 5.82 Å². The quantitative estimate of drug-likeness (QED) is 0.686. The molecule has 0 aliphatic heterocycles. The molecule has 0 atom stereocenters. The topological polar surface area (TPSA) is 49.6 Å². The van der Waals surface area contributed by atoms with E-state index in [1.807, 2.05) is 23.6 Å². The van der Waals surface area contributed by atoms with Crippen molar-refractivity contribution in [3.05, 3.63) is 35.5 Å². The van der Waals surface area contributed by atoms with E-state index in [1.165, 1.54) is 12.4 Å². The summed E-state index contributed by atoms with van der Waals surface area (Å²) in [4.78, 5) is 9.16. The smallest absolute Gasteiger partial charge is 0.169 e. The first-order chi connectivity index (χ1) is 6.40. The molecule has 62 valence electrons. The van der Waals surface area contributed by atoms with Gasteiger partial charge in [0.2, 0.25) is 0 Å². The van der Waals surface area contributed by atoms with E-state index in [1.54, 1.807) is 11.3 Å². The molecule has 0 fully saturated rings. The summed E-state index contributed by atoms with van der Waals surface area (Å²) in [5.41, 5.74) is 0.486. The van der Waals surface area contributed by atoms with Crippen molar-refractivity contribution in [3.8, 4) is 16.8 Å². The summed E-state index contributed by atoms with van der Waals surface area (Å²) in [5, 5.41) is 10.5. The normalized spacial score (nSPS) is 9.46. The van der Waals surface area contributed by atoms with E-state index in [4.69, 9.17) is 5.26 Å². The minimum Gasteiger partial charge on any atom is -0.234 e. The van der Waals surface area contributed by atoms with Crippen LogP contribution in [0.25, 0.3) is 10.7 Å². The lowest BCUT2D eigenvalue weighted by atomic mass is 10.3. The highest BCUT2D eigenvalue weighted by molar-refractivity contribution is 7.13. The fourth-order valence-electron chi connectivity index (χ4n) is 0.919. The zero-order chi connectivity index (χ0) is 9.10. The molecule has 0 radical (unpaired) electrons. The van der Waals surface area contributed by atoms with Crippen LogP contribution >= 0.6 is 11.3 Å². The highest BCUT2D eigenvalue weighted by Crippen LogP contribution is 2.19. The Morgan fingerprint density at radius 1 is 1.31 bits per heavy atom. The molecule has 0 aliphatic rings. The Bertz CT molecular complexity index is 425. The molecule has 0 spiro atoms. The van der Waals surface area contributed by atoms with Crippen molar-refractivity contribution in [2.24, 2.45) is 0 Å². The Morgan fingerprint density at radius 3 is 2.62 bits per heavy atom. The van der Waals surface area contributed by atoms with Crippen LogP contribution < -0.4 is 0 Å². The third-order valence-electron chi connectivity index (χ3n) is 1.52. The number of nitrogens with zero attached hydrogens (tertiary/aromatic N) is 3. The number of rotatable bonds is 1. The second-order valence-corrected chi connectivity index (χ2v) is 3.33. The third kappa shape index (κ3) is 1.55. The lowest BCUT2D eigenvalue weighted by Crippen LogP contribution is -1.86. The molecule has 2 aromatic heterocycles. The molecule has 0 saturated heterocycles. The molecule has 13 heavy (non-hydrogen) atoms. The zero-order valence-corrected chi connectivity index (χ0v) is 7.45. The molecule has 2 rings (SSSR count). The summed E-state index contributed by atoms with van der Waals surface area (Å²) in [5.74, 6) is 0.675. The minimum absolute atomic E-state index is 0.486. The fraction of sp³-hybridized carbons (Fsp3) is 0. The van der Waals surface area contributed by atoms with Crippen molar-refractivity contribution in [1.29, 1.82) is 5.26 Å². The maximum atomic E-state index is 8.53. The summed E-state index contributed by atoms with van der Waals surface area (Å²) in [6, 6.07) is 5.87. The number of nitriles is 1. The molecule has 0 N–H and O–H groups in total. The Hall–Kier alpha value is -1.73. The summed E-state index contributed by atoms with van der Waals surface area (Å²) in [6.07, 6.45) is 3.06. The summed E-state index contributed by atoms with van der Waals surface area (Å²) in [7, 11) is 0. The first-order valence-electron chi connectivity index (χ1n) is 3.66. The Labute approximate surface area is 79.3 Å². The van der Waals surface area contributed by atoms with Gasteiger partial charge < -0.3 is 0 Å². The predicted molar refractivity (Wildman–Crippen MR) is 50.1 cm³/mol. The van der Waals surface area contributed by atoms with Gasteiger partial charge >= 0.3 is 0 Å². The SMILES string of the molecule is N#Cc1cnc(-c2cccs2)nc1. The van der Waals surface area contributed by atoms with Gasteiger partial charge in [0.1, 0.15) is 6.07 Å². The van der Waals surface area contributed by atoms with Gasteiger partial charge in [-0.2, -0.15) is 5.26 Å². The van der Waals surface area contributed by atoms with Crippen molar-refractivity contribution in [2.45, 2.75) is 0 Å². The van der Waals surface area contributed by atoms with Gasteiger partial charge in [-0.05, 0) is 11.4 Å². The molecule has 2 heterocycles. The minimum atomic E-state index is 0.486. The second kappa shape index (κ2) is 3.33. The molecular weight excluding hydrogens is 182 g/mol. The zero-order valence-electron chi connectivity index (χ0n) is 6.64. The molecule has 4 heteroatoms. The summed E-state index contributed by atoms with van der Waals surface area (Å²) < 4.78 is 0. The first-order valence-corrected chi connectivity index (χ1v) is 4.54. The molecule has 0 unspecified atom stereocenters. The van der Waals surface area contributed by atoms with E-state index >= 15 is 0 Å². The Morgan fingerprint density at radius 2 is 2.08 bits per heavy atom. The van der Waals surface area contributed by atoms with Crippen LogP contribution in [0.15, 0.2) is 29.9 Å². The molecule has 0 saturated carbocycles. The third-order valence-corrected chi connectivity index (χ3v) is 2.39. The van der Waals surface area contributed by atoms with Gasteiger partial charge in [-0.25, -0.2) is 9.97 Å². The Balaban J connectivity index is 2.40. The van der Waals surface area contributed by atoms with Gasteiger partial charge in [-0.3, -0.25) is 0 Å². The highest BCUT2D eigenvalue weighted by atomic mass is 32.1. The lowest BCUT2D eigenvalue weighted by Gasteiger charge is -1.93. The van der Waals surface area contributed by atoms with E-state index in [2.05, 4.69) is 9.97 Å². The van der Waals surface area contributed by atoms with Crippen LogP contribution in [-0.2, 0) is 0 Å². The van der Waals surface area contributed by atoms with Crippen LogP contribution in [-0.4, -0.2) is 9.97 Å². The summed E-state index contributed by atoms with van der Waals surface area (Å²) in [6.45, 7) is 0. The van der Waals surface area contributed by atoms with Gasteiger partial charge in [-0.15, -0.1) is 11.3 Å². The number of hydrogen-bond acceptors (Lipinski definition) is 4. The average molecular weight is 187 g/mol. The van der Waals surface area contributed by atoms with Crippen molar-refractivity contribution in [2.75, 3.05) is 0 Å². The van der Waals surface area contributed by atoms with Gasteiger partial charge in [0, 0.05) is 12.4 Å². The van der Waals surface area contributed by atoms with Crippen LogP contribution in [0.1, 0.15) is 5.56 Å². The largest absolute Gasteiger partial charge is 0.234 e. The first kappa shape index (κ1) is 7.90. The maximum absolute atomic E-state index is 8.53. The van der Waals surface area contributed by atoms with E-state index < -0.39 is 0 Å². The second-order valence-electron chi connectivity index (χ2n) is 2.38. The fourth-order valence-corrected chi connectivity index (χ4v) is 1.59. The van der Waals surface area contributed by atoms with Crippen molar-refractivity contribution in [3.63, 3.8) is 0 Å². The lowest BCUT2D eigenvalue weighted by molar-refractivity contribution is 1.17. The van der Waals surface area contributed by atoms with E-state index in [-0.39, 0.29) is 0 Å². The molecule has 0 bridgehead atoms. The average Bonchev–Trinajstić information content (AvgIpc) is 2.71. The monoisotopic (exact) mass is 187 g/mol. The van der Waals surface area contributed by atoms with Crippen LogP contribution in [0.3, 0.4) is 0 Å². The van der Waals surface area contributed by atoms with Crippen molar-refractivity contribution >= 4 is 11.3 Å². The van der Waals surface area contributed by atoms with E-state index in [0.717, 1.165) is 4.88 Å². The van der Waals surface area contributed by atoms with E-state index in [9.17, 15) is 0 Å². The van der Waals surface area contributed by atoms with Gasteiger partial charge in [-0.1, -0.05) is 6.07 Å². The molecule has 0 aromatic carbocycles.